The fourth-order valence-electron chi connectivity index (χ4n) is 5.52. The molecule has 0 bridgehead atoms. The number of carbonyl (C=O) groups excluding carboxylic acids is 2. The van der Waals surface area contributed by atoms with E-state index in [0.717, 1.165) is 30.4 Å². The van der Waals surface area contributed by atoms with Gasteiger partial charge in [0.15, 0.2) is 5.78 Å². The summed E-state index contributed by atoms with van der Waals surface area (Å²) in [6.45, 7) is 8.53. The average Bonchev–Trinajstić information content (AvgIpc) is 2.74. The Bertz CT molecular complexity index is 1080. The Morgan fingerprint density at radius 3 is 2.56 bits per heavy atom. The van der Waals surface area contributed by atoms with Crippen LogP contribution in [0.5, 0.6) is 0 Å². The third-order valence-corrected chi connectivity index (χ3v) is 7.66. The van der Waals surface area contributed by atoms with Crippen LogP contribution in [0.1, 0.15) is 63.7 Å². The van der Waals surface area contributed by atoms with E-state index < -0.39 is 17.0 Å². The molecule has 6 nitrogen and oxygen atoms in total. The number of ether oxygens (including phenoxy) is 1. The van der Waals surface area contributed by atoms with E-state index in [9.17, 15) is 19.7 Å². The van der Waals surface area contributed by atoms with Gasteiger partial charge in [0.05, 0.1) is 10.5 Å². The van der Waals surface area contributed by atoms with Crippen molar-refractivity contribution in [2.24, 2.45) is 17.3 Å². The van der Waals surface area contributed by atoms with Crippen molar-refractivity contribution in [3.8, 4) is 0 Å². The van der Waals surface area contributed by atoms with Crippen molar-refractivity contribution in [3.63, 3.8) is 0 Å². The number of nitrogens with zero attached hydrogens (tertiary/aromatic N) is 1. The van der Waals surface area contributed by atoms with Gasteiger partial charge in [-0.3, -0.25) is 14.9 Å². The molecule has 1 aromatic carbocycles. The second-order valence-electron chi connectivity index (χ2n) is 9.68. The minimum atomic E-state index is -0.626. The average molecular weight is 436 g/mol. The van der Waals surface area contributed by atoms with Crippen molar-refractivity contribution in [1.29, 1.82) is 0 Å². The monoisotopic (exact) mass is 435 g/mol. The minimum Gasteiger partial charge on any atom is -0.454 e. The maximum atomic E-state index is 13.4. The van der Waals surface area contributed by atoms with Crippen LogP contribution in [0.15, 0.2) is 58.7 Å². The van der Waals surface area contributed by atoms with E-state index in [2.05, 4.69) is 26.8 Å². The molecule has 168 valence electrons. The van der Waals surface area contributed by atoms with Crippen LogP contribution in [-0.4, -0.2) is 22.8 Å². The SMILES string of the molecule is CC1=CC[C@]2(C)C3=C(C(=O)/C=C(/C)CC[C@H]13)[C@H](OC(=O)c1ccc([N+](=O)[O-])cc1)C[C@H]2C. The molecule has 6 heteroatoms. The van der Waals surface area contributed by atoms with E-state index in [1.54, 1.807) is 6.08 Å². The first-order chi connectivity index (χ1) is 15.1. The lowest BCUT2D eigenvalue weighted by Crippen LogP contribution is -2.45. The Morgan fingerprint density at radius 2 is 1.91 bits per heavy atom. The number of esters is 1. The van der Waals surface area contributed by atoms with Crippen LogP contribution in [0, 0.1) is 27.4 Å². The third kappa shape index (κ3) is 3.72. The molecule has 0 unspecified atom stereocenters. The topological polar surface area (TPSA) is 86.5 Å². The molecule has 0 aliphatic heterocycles. The number of benzene rings is 1. The van der Waals surface area contributed by atoms with Gasteiger partial charge in [0.2, 0.25) is 0 Å². The Balaban J connectivity index is 1.76. The number of ketones is 1. The van der Waals surface area contributed by atoms with E-state index in [-0.39, 0.29) is 34.3 Å². The Labute approximate surface area is 188 Å². The van der Waals surface area contributed by atoms with Crippen LogP contribution in [0.3, 0.4) is 0 Å². The lowest BCUT2D eigenvalue weighted by atomic mass is 9.54. The van der Waals surface area contributed by atoms with Gasteiger partial charge in [-0.25, -0.2) is 4.79 Å². The fourth-order valence-corrected chi connectivity index (χ4v) is 5.52. The zero-order chi connectivity index (χ0) is 23.2. The van der Waals surface area contributed by atoms with Crippen molar-refractivity contribution in [2.75, 3.05) is 0 Å². The largest absolute Gasteiger partial charge is 0.454 e. The summed E-state index contributed by atoms with van der Waals surface area (Å²) in [5.74, 6) is -0.208. The second kappa shape index (κ2) is 8.15. The predicted molar refractivity (Wildman–Crippen MR) is 121 cm³/mol. The number of nitro groups is 1. The van der Waals surface area contributed by atoms with Crippen molar-refractivity contribution in [1.82, 2.24) is 0 Å². The Morgan fingerprint density at radius 1 is 1.22 bits per heavy atom. The summed E-state index contributed by atoms with van der Waals surface area (Å²) in [4.78, 5) is 36.8. The highest BCUT2D eigenvalue weighted by Crippen LogP contribution is 2.56. The highest BCUT2D eigenvalue weighted by Gasteiger charge is 2.50. The van der Waals surface area contributed by atoms with E-state index >= 15 is 0 Å². The number of allylic oxidation sites excluding steroid dienone is 5. The molecule has 4 rings (SSSR count). The van der Waals surface area contributed by atoms with Gasteiger partial charge < -0.3 is 4.74 Å². The summed E-state index contributed by atoms with van der Waals surface area (Å²) >= 11 is 0. The maximum Gasteiger partial charge on any atom is 0.338 e. The molecular weight excluding hydrogens is 406 g/mol. The van der Waals surface area contributed by atoms with Crippen LogP contribution in [0.4, 0.5) is 5.69 Å². The van der Waals surface area contributed by atoms with Gasteiger partial charge in [-0.05, 0) is 74.6 Å². The molecule has 4 atom stereocenters. The minimum absolute atomic E-state index is 0.0588. The fraction of sp³-hybridized carbons (Fsp3) is 0.462. The summed E-state index contributed by atoms with van der Waals surface area (Å²) < 4.78 is 5.93. The van der Waals surface area contributed by atoms with Gasteiger partial charge in [0.1, 0.15) is 6.10 Å². The molecule has 0 saturated heterocycles. The molecule has 0 heterocycles. The molecule has 0 N–H and O–H groups in total. The Kier molecular flexibility index (Phi) is 5.65. The van der Waals surface area contributed by atoms with Gasteiger partial charge in [-0.2, -0.15) is 0 Å². The van der Waals surface area contributed by atoms with Crippen molar-refractivity contribution in [2.45, 2.75) is 59.5 Å². The first kappa shape index (κ1) is 22.2. The quantitative estimate of drug-likeness (QED) is 0.262. The lowest BCUT2D eigenvalue weighted by molar-refractivity contribution is -0.384. The second-order valence-corrected chi connectivity index (χ2v) is 9.68. The number of non-ortho nitro benzene ring substituents is 1. The number of hydrogen-bond acceptors (Lipinski definition) is 5. The van der Waals surface area contributed by atoms with E-state index in [1.807, 2.05) is 6.92 Å². The molecule has 0 saturated carbocycles. The summed E-state index contributed by atoms with van der Waals surface area (Å²) in [5.41, 5.74) is 4.13. The van der Waals surface area contributed by atoms with Gasteiger partial charge >= 0.3 is 5.97 Å². The smallest absolute Gasteiger partial charge is 0.338 e. The number of carbonyl (C=O) groups is 2. The predicted octanol–water partition coefficient (Wildman–Crippen LogP) is 5.74. The standard InChI is InChI=1S/C26H29NO5/c1-15-5-10-20-16(2)11-12-26(4)17(3)14-22(23(24(20)26)21(28)13-15)32-25(29)18-6-8-19(9-7-18)27(30)31/h6-9,11,13,17,20,22H,5,10,12,14H2,1-4H3/b15-13-/t17-,20-,22-,26+/m1/s1. The van der Waals surface area contributed by atoms with Crippen LogP contribution in [0.2, 0.25) is 0 Å². The zero-order valence-corrected chi connectivity index (χ0v) is 19.0. The van der Waals surface area contributed by atoms with Crippen molar-refractivity contribution >= 4 is 17.4 Å². The van der Waals surface area contributed by atoms with Gasteiger partial charge in [0, 0.05) is 23.6 Å². The third-order valence-electron chi connectivity index (χ3n) is 7.66. The summed E-state index contributed by atoms with van der Waals surface area (Å²) in [5, 5.41) is 10.9. The maximum absolute atomic E-state index is 13.4. The van der Waals surface area contributed by atoms with E-state index in [0.29, 0.717) is 12.0 Å². The molecule has 0 radical (unpaired) electrons. The van der Waals surface area contributed by atoms with Gasteiger partial charge in [-0.15, -0.1) is 0 Å². The van der Waals surface area contributed by atoms with Gasteiger partial charge in [-0.1, -0.05) is 31.1 Å². The molecule has 0 spiro atoms. The molecule has 0 aromatic heterocycles. The van der Waals surface area contributed by atoms with E-state index in [1.165, 1.54) is 29.8 Å². The first-order valence-corrected chi connectivity index (χ1v) is 11.2. The number of rotatable bonds is 3. The summed E-state index contributed by atoms with van der Waals surface area (Å²) in [6, 6.07) is 5.37. The highest BCUT2D eigenvalue weighted by molar-refractivity contribution is 6.06. The molecule has 3 aliphatic rings. The number of hydrogen-bond donors (Lipinski definition) is 0. The van der Waals surface area contributed by atoms with Crippen LogP contribution in [-0.2, 0) is 9.53 Å². The molecule has 0 fully saturated rings. The van der Waals surface area contributed by atoms with Gasteiger partial charge in [0.25, 0.3) is 5.69 Å². The summed E-state index contributed by atoms with van der Waals surface area (Å²) in [7, 11) is 0. The van der Waals surface area contributed by atoms with Crippen molar-refractivity contribution in [3.05, 3.63) is 74.4 Å². The number of nitro benzene ring substituents is 1. The lowest BCUT2D eigenvalue weighted by Gasteiger charge is -2.50. The van der Waals surface area contributed by atoms with Crippen LogP contribution in [0.25, 0.3) is 0 Å². The zero-order valence-electron chi connectivity index (χ0n) is 19.0. The molecule has 1 aromatic rings. The molecule has 0 amide bonds. The molecule has 32 heavy (non-hydrogen) atoms. The van der Waals surface area contributed by atoms with Crippen LogP contribution >= 0.6 is 0 Å². The highest BCUT2D eigenvalue weighted by atomic mass is 16.6. The summed E-state index contributed by atoms with van der Waals surface area (Å²) in [6.07, 6.45) is 6.67. The normalized spacial score (nSPS) is 31.5. The molecule has 3 aliphatic carbocycles. The van der Waals surface area contributed by atoms with E-state index in [4.69, 9.17) is 4.74 Å². The Hall–Kier alpha value is -3.02. The van der Waals surface area contributed by atoms with Crippen LogP contribution < -0.4 is 0 Å². The molecular formula is C26H29NO5. The van der Waals surface area contributed by atoms with Crippen molar-refractivity contribution < 1.29 is 19.2 Å². The first-order valence-electron chi connectivity index (χ1n) is 11.2.